The first-order valence-electron chi connectivity index (χ1n) is 7.29. The van der Waals surface area contributed by atoms with Crippen molar-refractivity contribution in [1.82, 2.24) is 19.9 Å². The van der Waals surface area contributed by atoms with Crippen LogP contribution in [0, 0.1) is 6.92 Å². The lowest BCUT2D eigenvalue weighted by Crippen LogP contribution is -2.24. The third kappa shape index (κ3) is 3.77. The minimum absolute atomic E-state index is 0.233. The van der Waals surface area contributed by atoms with Gasteiger partial charge in [0, 0.05) is 6.20 Å². The Bertz CT molecular complexity index is 892. The van der Waals surface area contributed by atoms with Crippen LogP contribution in [0.2, 0.25) is 5.02 Å². The van der Waals surface area contributed by atoms with Crippen LogP contribution in [-0.2, 0) is 4.79 Å². The predicted octanol–water partition coefficient (Wildman–Crippen LogP) is 2.73. The number of nitrogens with one attached hydrogen (secondary N) is 1. The first-order valence-corrected chi connectivity index (χ1v) is 8.55. The van der Waals surface area contributed by atoms with E-state index in [1.165, 1.54) is 22.6 Å². The zero-order valence-corrected chi connectivity index (χ0v) is 15.0. The molecule has 0 saturated heterocycles. The van der Waals surface area contributed by atoms with Crippen LogP contribution in [0.3, 0.4) is 0 Å². The molecule has 130 valence electrons. The maximum atomic E-state index is 12.3. The van der Waals surface area contributed by atoms with Crippen LogP contribution in [-0.4, -0.2) is 31.0 Å². The number of hydrogen-bond donors (Lipinski definition) is 2. The van der Waals surface area contributed by atoms with E-state index in [1.54, 1.807) is 31.4 Å². The van der Waals surface area contributed by atoms with E-state index >= 15 is 0 Å². The highest BCUT2D eigenvalue weighted by Gasteiger charge is 2.21. The van der Waals surface area contributed by atoms with Crippen LogP contribution < -0.4 is 11.2 Å². The van der Waals surface area contributed by atoms with E-state index in [-0.39, 0.29) is 5.91 Å². The molecular formula is C15H15ClN6O2S. The van der Waals surface area contributed by atoms with Gasteiger partial charge in [-0.1, -0.05) is 23.4 Å². The number of nitrogens with zero attached hydrogens (tertiary/aromatic N) is 4. The fraction of sp³-hybridized carbons (Fsp3) is 0.200. The van der Waals surface area contributed by atoms with Crippen molar-refractivity contribution >= 4 is 35.1 Å². The second-order valence-corrected chi connectivity index (χ2v) is 6.92. The number of pyridine rings is 1. The van der Waals surface area contributed by atoms with Crippen LogP contribution in [0.15, 0.2) is 40.2 Å². The number of aryl methyl sites for hydroxylation is 1. The highest BCUT2D eigenvalue weighted by Crippen LogP contribution is 2.27. The predicted molar refractivity (Wildman–Crippen MR) is 95.8 cm³/mol. The van der Waals surface area contributed by atoms with Gasteiger partial charge in [-0.2, -0.15) is 0 Å². The molecule has 0 aliphatic carbocycles. The second kappa shape index (κ2) is 7.16. The molecule has 3 aromatic rings. The lowest BCUT2D eigenvalue weighted by atomic mass is 10.2. The van der Waals surface area contributed by atoms with Gasteiger partial charge in [0.2, 0.25) is 11.1 Å². The van der Waals surface area contributed by atoms with Crippen LogP contribution in [0.25, 0.3) is 11.4 Å². The molecule has 0 radical (unpaired) electrons. The number of rotatable bonds is 5. The maximum absolute atomic E-state index is 12.3. The molecule has 3 N–H and O–H groups in total. The Hall–Kier alpha value is -2.52. The van der Waals surface area contributed by atoms with Gasteiger partial charge in [0.05, 0.1) is 22.1 Å². The topological polar surface area (TPSA) is 112 Å². The van der Waals surface area contributed by atoms with Gasteiger partial charge >= 0.3 is 0 Å². The zero-order chi connectivity index (χ0) is 18.0. The number of thioether (sulfide) groups is 1. The summed E-state index contributed by atoms with van der Waals surface area (Å²) in [6.45, 7) is 3.55. The van der Waals surface area contributed by atoms with Crippen molar-refractivity contribution in [3.63, 3.8) is 0 Å². The Balaban J connectivity index is 1.69. The SMILES string of the molecule is Cc1occc1-c1nnc(SC(C)C(=O)Nc2ccc(Cl)cn2)n1N. The molecule has 1 atom stereocenters. The average molecular weight is 379 g/mol. The summed E-state index contributed by atoms with van der Waals surface area (Å²) in [7, 11) is 0. The van der Waals surface area contributed by atoms with E-state index in [9.17, 15) is 4.79 Å². The van der Waals surface area contributed by atoms with Gasteiger partial charge in [-0.25, -0.2) is 9.66 Å². The molecule has 0 aliphatic rings. The minimum Gasteiger partial charge on any atom is -0.469 e. The Kier molecular flexibility index (Phi) is 4.95. The van der Waals surface area contributed by atoms with Crippen molar-refractivity contribution in [1.29, 1.82) is 0 Å². The quantitative estimate of drug-likeness (QED) is 0.518. The summed E-state index contributed by atoms with van der Waals surface area (Å²) in [6.07, 6.45) is 3.02. The first kappa shape index (κ1) is 17.3. The number of halogens is 1. The standard InChI is InChI=1S/C15H15ClN6O2S/c1-8-11(5-6-24-8)13-20-21-15(22(13)17)25-9(2)14(23)19-12-4-3-10(16)7-18-12/h3-7,9H,17H2,1-2H3,(H,18,19,23). The number of hydrogen-bond acceptors (Lipinski definition) is 7. The molecule has 1 unspecified atom stereocenters. The molecule has 3 rings (SSSR count). The summed E-state index contributed by atoms with van der Waals surface area (Å²) >= 11 is 6.97. The molecule has 10 heteroatoms. The van der Waals surface area contributed by atoms with Gasteiger partial charge in [-0.3, -0.25) is 4.79 Å². The third-order valence-corrected chi connectivity index (χ3v) is 4.67. The van der Waals surface area contributed by atoms with Crippen molar-refractivity contribution in [2.45, 2.75) is 24.3 Å². The number of carbonyl (C=O) groups excluding carboxylic acids is 1. The molecule has 25 heavy (non-hydrogen) atoms. The molecular weight excluding hydrogens is 364 g/mol. The number of nitrogens with two attached hydrogens (primary N) is 1. The highest BCUT2D eigenvalue weighted by atomic mass is 35.5. The summed E-state index contributed by atoms with van der Waals surface area (Å²) in [6, 6.07) is 5.04. The van der Waals surface area contributed by atoms with Crippen LogP contribution in [0.1, 0.15) is 12.7 Å². The lowest BCUT2D eigenvalue weighted by molar-refractivity contribution is -0.115. The summed E-state index contributed by atoms with van der Waals surface area (Å²) in [5.74, 6) is 7.40. The average Bonchev–Trinajstić information content (AvgIpc) is 3.16. The van der Waals surface area contributed by atoms with E-state index in [2.05, 4.69) is 20.5 Å². The number of nitrogen functional groups attached to an aromatic ring is 1. The maximum Gasteiger partial charge on any atom is 0.238 e. The molecule has 0 aromatic carbocycles. The lowest BCUT2D eigenvalue weighted by Gasteiger charge is -2.11. The normalized spacial score (nSPS) is 12.1. The number of aromatic nitrogens is 4. The summed E-state index contributed by atoms with van der Waals surface area (Å²) in [5.41, 5.74) is 0.754. The molecule has 0 spiro atoms. The zero-order valence-electron chi connectivity index (χ0n) is 13.4. The summed E-state index contributed by atoms with van der Waals surface area (Å²) in [5, 5.41) is 11.3. The largest absolute Gasteiger partial charge is 0.469 e. The molecule has 1 amide bonds. The van der Waals surface area contributed by atoms with E-state index in [0.717, 1.165) is 5.56 Å². The Morgan fingerprint density at radius 1 is 1.40 bits per heavy atom. The molecule has 8 nitrogen and oxygen atoms in total. The third-order valence-electron chi connectivity index (χ3n) is 3.39. The van der Waals surface area contributed by atoms with Crippen molar-refractivity contribution in [2.24, 2.45) is 0 Å². The van der Waals surface area contributed by atoms with Gasteiger partial charge in [-0.15, -0.1) is 10.2 Å². The van der Waals surface area contributed by atoms with Crippen molar-refractivity contribution in [2.75, 3.05) is 11.2 Å². The smallest absolute Gasteiger partial charge is 0.238 e. The number of amides is 1. The number of carbonyl (C=O) groups is 1. The highest BCUT2D eigenvalue weighted by molar-refractivity contribution is 8.00. The second-order valence-electron chi connectivity index (χ2n) is 5.18. The van der Waals surface area contributed by atoms with Gasteiger partial charge in [-0.05, 0) is 32.0 Å². The minimum atomic E-state index is -0.456. The van der Waals surface area contributed by atoms with Crippen LogP contribution >= 0.6 is 23.4 Å². The van der Waals surface area contributed by atoms with Crippen molar-refractivity contribution < 1.29 is 9.21 Å². The van der Waals surface area contributed by atoms with Crippen molar-refractivity contribution in [3.05, 3.63) is 41.4 Å². The monoisotopic (exact) mass is 378 g/mol. The van der Waals surface area contributed by atoms with Crippen LogP contribution in [0.5, 0.6) is 0 Å². The van der Waals surface area contributed by atoms with Gasteiger partial charge in [0.25, 0.3) is 0 Å². The summed E-state index contributed by atoms with van der Waals surface area (Å²) in [4.78, 5) is 16.3. The van der Waals surface area contributed by atoms with Gasteiger partial charge in [0.1, 0.15) is 11.6 Å². The van der Waals surface area contributed by atoms with Gasteiger partial charge < -0.3 is 15.6 Å². The molecule has 0 bridgehead atoms. The Morgan fingerprint density at radius 2 is 2.20 bits per heavy atom. The molecule has 3 heterocycles. The molecule has 0 saturated carbocycles. The van der Waals surface area contributed by atoms with E-state index in [0.29, 0.717) is 27.6 Å². The van der Waals surface area contributed by atoms with E-state index in [4.69, 9.17) is 21.9 Å². The Labute approximate surface area is 152 Å². The number of anilines is 1. The fourth-order valence-electron chi connectivity index (χ4n) is 2.05. The number of furan rings is 1. The van der Waals surface area contributed by atoms with E-state index < -0.39 is 5.25 Å². The molecule has 0 fully saturated rings. The summed E-state index contributed by atoms with van der Waals surface area (Å²) < 4.78 is 6.59. The van der Waals surface area contributed by atoms with Crippen molar-refractivity contribution in [3.8, 4) is 11.4 Å². The Morgan fingerprint density at radius 3 is 2.84 bits per heavy atom. The molecule has 0 aliphatic heterocycles. The first-order chi connectivity index (χ1) is 12.0. The van der Waals surface area contributed by atoms with Crippen LogP contribution in [0.4, 0.5) is 5.82 Å². The van der Waals surface area contributed by atoms with E-state index in [1.807, 2.05) is 6.92 Å². The molecule has 3 aromatic heterocycles. The fourth-order valence-corrected chi connectivity index (χ4v) is 2.93. The van der Waals surface area contributed by atoms with Gasteiger partial charge in [0.15, 0.2) is 5.82 Å².